The van der Waals surface area contributed by atoms with Crippen LogP contribution in [0.3, 0.4) is 0 Å². The van der Waals surface area contributed by atoms with Crippen molar-refractivity contribution in [1.82, 2.24) is 19.8 Å². The fourth-order valence-electron chi connectivity index (χ4n) is 5.92. The first-order valence-electron chi connectivity index (χ1n) is 14.8. The van der Waals surface area contributed by atoms with Gasteiger partial charge in [0, 0.05) is 56.8 Å². The number of piperazine rings is 1. The van der Waals surface area contributed by atoms with Crippen LogP contribution < -0.4 is 15.0 Å². The molecule has 3 heterocycles. The van der Waals surface area contributed by atoms with E-state index < -0.39 is 5.60 Å². The molecular weight excluding hydrogens is 518 g/mol. The number of imidazole rings is 1. The van der Waals surface area contributed by atoms with E-state index in [0.717, 1.165) is 53.8 Å². The monoisotopic (exact) mass is 559 g/mol. The van der Waals surface area contributed by atoms with Crippen LogP contribution in [-0.2, 0) is 9.53 Å². The van der Waals surface area contributed by atoms with Crippen molar-refractivity contribution >= 4 is 28.7 Å². The number of anilines is 1. The summed E-state index contributed by atoms with van der Waals surface area (Å²) in [5.74, 6) is 1.07. The number of carbonyl (C=O) groups excluding carboxylic acids is 2. The SMILES string of the molecule is Cc1cc(-c2cc(OC(C)C3CNC(=O)C3)c3c(c2)ncn3C2CC2)ccc1N1CCN(C(=O)OC(C)(C)C)CC1. The normalized spacial score (nSPS) is 20.3. The van der Waals surface area contributed by atoms with Crippen LogP contribution in [0.2, 0.25) is 0 Å². The third-order valence-electron chi connectivity index (χ3n) is 8.36. The van der Waals surface area contributed by atoms with Crippen molar-refractivity contribution in [2.75, 3.05) is 37.6 Å². The minimum atomic E-state index is -0.491. The molecule has 2 atom stereocenters. The molecule has 1 aromatic heterocycles. The van der Waals surface area contributed by atoms with Crippen LogP contribution >= 0.6 is 0 Å². The zero-order chi connectivity index (χ0) is 28.9. The summed E-state index contributed by atoms with van der Waals surface area (Å²) in [6.45, 7) is 13.3. The Morgan fingerprint density at radius 3 is 2.46 bits per heavy atom. The molecule has 0 spiro atoms. The van der Waals surface area contributed by atoms with Crippen LogP contribution in [0.1, 0.15) is 58.6 Å². The summed E-state index contributed by atoms with van der Waals surface area (Å²) in [6, 6.07) is 11.3. The number of rotatable bonds is 6. The molecule has 3 aliphatic rings. The summed E-state index contributed by atoms with van der Waals surface area (Å²) in [5.41, 5.74) is 6.01. The molecule has 2 aromatic carbocycles. The maximum Gasteiger partial charge on any atom is 0.410 e. The van der Waals surface area contributed by atoms with E-state index in [2.05, 4.69) is 59.0 Å². The molecule has 2 unspecified atom stereocenters. The molecule has 1 N–H and O–H groups in total. The number of carbonyl (C=O) groups is 2. The van der Waals surface area contributed by atoms with Gasteiger partial charge in [-0.05, 0) is 88.4 Å². The molecule has 9 heteroatoms. The maximum atomic E-state index is 12.5. The van der Waals surface area contributed by atoms with Crippen molar-refractivity contribution in [2.45, 2.75) is 71.6 Å². The Kier molecular flexibility index (Phi) is 7.08. The Labute approximate surface area is 241 Å². The molecule has 6 rings (SSSR count). The van der Waals surface area contributed by atoms with Crippen molar-refractivity contribution in [2.24, 2.45) is 5.92 Å². The van der Waals surface area contributed by atoms with Gasteiger partial charge in [-0.3, -0.25) is 4.79 Å². The van der Waals surface area contributed by atoms with Gasteiger partial charge in [0.05, 0.1) is 11.8 Å². The van der Waals surface area contributed by atoms with Gasteiger partial charge in [0.15, 0.2) is 0 Å². The van der Waals surface area contributed by atoms with Crippen molar-refractivity contribution in [3.05, 3.63) is 42.2 Å². The van der Waals surface area contributed by atoms with Crippen LogP contribution in [0.5, 0.6) is 5.75 Å². The minimum absolute atomic E-state index is 0.0918. The van der Waals surface area contributed by atoms with E-state index in [1.807, 2.05) is 27.1 Å². The average Bonchev–Trinajstić information content (AvgIpc) is 3.52. The van der Waals surface area contributed by atoms with Gasteiger partial charge < -0.3 is 29.2 Å². The van der Waals surface area contributed by atoms with Crippen molar-refractivity contribution in [3.8, 4) is 16.9 Å². The van der Waals surface area contributed by atoms with Gasteiger partial charge in [0.25, 0.3) is 0 Å². The second kappa shape index (κ2) is 10.6. The zero-order valence-corrected chi connectivity index (χ0v) is 24.8. The summed E-state index contributed by atoms with van der Waals surface area (Å²) in [7, 11) is 0. The van der Waals surface area contributed by atoms with Gasteiger partial charge in [0.2, 0.25) is 5.91 Å². The van der Waals surface area contributed by atoms with E-state index in [4.69, 9.17) is 14.5 Å². The third kappa shape index (κ3) is 5.85. The van der Waals surface area contributed by atoms with E-state index in [1.165, 1.54) is 11.3 Å². The fraction of sp³-hybridized carbons (Fsp3) is 0.531. The molecule has 3 fully saturated rings. The predicted octanol–water partition coefficient (Wildman–Crippen LogP) is 5.31. The first kappa shape index (κ1) is 27.4. The van der Waals surface area contributed by atoms with Crippen molar-refractivity contribution in [3.63, 3.8) is 0 Å². The highest BCUT2D eigenvalue weighted by molar-refractivity contribution is 5.88. The number of fused-ring (bicyclic) bond motifs is 1. The van der Waals surface area contributed by atoms with Crippen molar-refractivity contribution in [1.29, 1.82) is 0 Å². The highest BCUT2D eigenvalue weighted by Gasteiger charge is 2.31. The van der Waals surface area contributed by atoms with Gasteiger partial charge in [0.1, 0.15) is 23.0 Å². The second-order valence-electron chi connectivity index (χ2n) is 12.8. The van der Waals surface area contributed by atoms with Gasteiger partial charge in [-0.15, -0.1) is 0 Å². The Morgan fingerprint density at radius 1 is 1.07 bits per heavy atom. The summed E-state index contributed by atoms with van der Waals surface area (Å²) in [4.78, 5) is 33.2. The van der Waals surface area contributed by atoms with Gasteiger partial charge in [-0.25, -0.2) is 9.78 Å². The number of ether oxygens (including phenoxy) is 2. The molecule has 218 valence electrons. The molecular formula is C32H41N5O4. The number of hydrogen-bond acceptors (Lipinski definition) is 6. The Hall–Kier alpha value is -3.75. The van der Waals surface area contributed by atoms with Crippen LogP contribution in [0, 0.1) is 12.8 Å². The number of benzene rings is 2. The highest BCUT2D eigenvalue weighted by Crippen LogP contribution is 2.42. The number of nitrogens with one attached hydrogen (secondary N) is 1. The van der Waals surface area contributed by atoms with Crippen LogP contribution in [0.25, 0.3) is 22.2 Å². The number of amides is 2. The van der Waals surface area contributed by atoms with Crippen LogP contribution in [-0.4, -0.2) is 70.9 Å². The third-order valence-corrected chi connectivity index (χ3v) is 8.36. The molecule has 9 nitrogen and oxygen atoms in total. The number of hydrogen-bond donors (Lipinski definition) is 1. The van der Waals surface area contributed by atoms with Crippen LogP contribution in [0.15, 0.2) is 36.7 Å². The lowest BCUT2D eigenvalue weighted by Gasteiger charge is -2.37. The molecule has 1 saturated carbocycles. The summed E-state index contributed by atoms with van der Waals surface area (Å²) < 4.78 is 14.4. The lowest BCUT2D eigenvalue weighted by atomic mass is 10.00. The van der Waals surface area contributed by atoms with Crippen LogP contribution in [0.4, 0.5) is 10.5 Å². The Morgan fingerprint density at radius 2 is 1.83 bits per heavy atom. The number of aromatic nitrogens is 2. The number of aryl methyl sites for hydroxylation is 1. The average molecular weight is 560 g/mol. The molecule has 0 radical (unpaired) electrons. The summed E-state index contributed by atoms with van der Waals surface area (Å²) in [6.07, 6.45) is 4.42. The van der Waals surface area contributed by atoms with Crippen molar-refractivity contribution < 1.29 is 19.1 Å². The molecule has 2 amide bonds. The van der Waals surface area contributed by atoms with Gasteiger partial charge in [-0.2, -0.15) is 0 Å². The largest absolute Gasteiger partial charge is 0.488 e. The first-order valence-corrected chi connectivity index (χ1v) is 14.8. The Bertz CT molecular complexity index is 1460. The lowest BCUT2D eigenvalue weighted by Crippen LogP contribution is -2.50. The predicted molar refractivity (Wildman–Crippen MR) is 159 cm³/mol. The van der Waals surface area contributed by atoms with E-state index in [9.17, 15) is 9.59 Å². The maximum absolute atomic E-state index is 12.5. The fourth-order valence-corrected chi connectivity index (χ4v) is 5.92. The van der Waals surface area contributed by atoms with E-state index in [0.29, 0.717) is 32.1 Å². The Balaban J connectivity index is 1.23. The summed E-state index contributed by atoms with van der Waals surface area (Å²) in [5, 5.41) is 2.93. The lowest BCUT2D eigenvalue weighted by molar-refractivity contribution is -0.119. The molecule has 1 aliphatic carbocycles. The standard InChI is InChI=1S/C32H41N5O4/c1-20-14-22(6-9-27(20)35-10-12-36(13-11-35)31(39)41-32(3,4)5)23-15-26-30(37(19-34-26)25-7-8-25)28(16-23)40-21(2)24-17-29(38)33-18-24/h6,9,14-16,19,21,24-25H,7-8,10-13,17-18H2,1-5H3,(H,33,38). The minimum Gasteiger partial charge on any atom is -0.488 e. The molecule has 2 saturated heterocycles. The summed E-state index contributed by atoms with van der Waals surface area (Å²) >= 11 is 0. The first-order chi connectivity index (χ1) is 19.6. The molecule has 41 heavy (non-hydrogen) atoms. The second-order valence-corrected chi connectivity index (χ2v) is 12.8. The number of nitrogens with zero attached hydrogens (tertiary/aromatic N) is 4. The van der Waals surface area contributed by atoms with E-state index in [1.54, 1.807) is 4.90 Å². The quantitative estimate of drug-likeness (QED) is 0.441. The zero-order valence-electron chi connectivity index (χ0n) is 24.8. The highest BCUT2D eigenvalue weighted by atomic mass is 16.6. The van der Waals surface area contributed by atoms with E-state index in [-0.39, 0.29) is 24.0 Å². The smallest absolute Gasteiger partial charge is 0.410 e. The van der Waals surface area contributed by atoms with Gasteiger partial charge >= 0.3 is 6.09 Å². The van der Waals surface area contributed by atoms with Gasteiger partial charge in [-0.1, -0.05) is 6.07 Å². The molecule has 3 aromatic rings. The molecule has 0 bridgehead atoms. The molecule has 2 aliphatic heterocycles. The topological polar surface area (TPSA) is 88.9 Å². The van der Waals surface area contributed by atoms with E-state index >= 15 is 0 Å².